The molecule has 1 aromatic rings. The Morgan fingerprint density at radius 2 is 1.62 bits per heavy atom. The molecule has 196 valence electrons. The summed E-state index contributed by atoms with van der Waals surface area (Å²) in [6.07, 6.45) is 4.68. The van der Waals surface area contributed by atoms with Gasteiger partial charge in [0, 0.05) is 6.61 Å². The zero-order chi connectivity index (χ0) is 25.5. The first-order valence-electron chi connectivity index (χ1n) is 12.2. The third-order valence-corrected chi connectivity index (χ3v) is 5.46. The Balaban J connectivity index is 2.12. The topological polar surface area (TPSA) is 114 Å². The molecule has 1 amide bonds. The second kappa shape index (κ2) is 15.7. The summed E-state index contributed by atoms with van der Waals surface area (Å²) in [5, 5.41) is 10.7. The van der Waals surface area contributed by atoms with Crippen LogP contribution in [0.3, 0.4) is 0 Å². The first-order valence-corrected chi connectivity index (χ1v) is 12.2. The van der Waals surface area contributed by atoms with Crippen LogP contribution in [-0.4, -0.2) is 66.7 Å². The minimum Gasteiger partial charge on any atom is -0.463 e. The Kier molecular flexibility index (Phi) is 13.7. The molecule has 0 saturated heterocycles. The lowest BCUT2D eigenvalue weighted by Crippen LogP contribution is -2.30. The Hall–Kier alpha value is -2.20. The van der Waals surface area contributed by atoms with E-state index >= 15 is 0 Å². The van der Waals surface area contributed by atoms with Gasteiger partial charge in [0.1, 0.15) is 18.9 Å². The van der Waals surface area contributed by atoms with Crippen LogP contribution in [0.1, 0.15) is 72.9 Å². The average molecular weight is 485 g/mol. The number of rotatable bonds is 17. The number of aromatic nitrogens is 3. The lowest BCUT2D eigenvalue weighted by Gasteiger charge is -2.25. The van der Waals surface area contributed by atoms with Gasteiger partial charge in [-0.25, -0.2) is 9.48 Å². The van der Waals surface area contributed by atoms with Crippen molar-refractivity contribution >= 4 is 12.1 Å². The van der Waals surface area contributed by atoms with Crippen molar-refractivity contribution in [1.29, 1.82) is 0 Å². The minimum atomic E-state index is -0.523. The molecular weight excluding hydrogens is 440 g/mol. The van der Waals surface area contributed by atoms with Gasteiger partial charge in [-0.1, -0.05) is 46.3 Å². The fourth-order valence-corrected chi connectivity index (χ4v) is 3.02. The van der Waals surface area contributed by atoms with Gasteiger partial charge >= 0.3 is 12.1 Å². The molecule has 34 heavy (non-hydrogen) atoms. The highest BCUT2D eigenvalue weighted by atomic mass is 16.6. The van der Waals surface area contributed by atoms with Crippen LogP contribution in [0.25, 0.3) is 0 Å². The maximum Gasteiger partial charge on any atom is 0.407 e. The van der Waals surface area contributed by atoms with Gasteiger partial charge in [-0.3, -0.25) is 4.79 Å². The normalized spacial score (nSPS) is 13.4. The zero-order valence-corrected chi connectivity index (χ0v) is 21.9. The van der Waals surface area contributed by atoms with Gasteiger partial charge in [-0.15, -0.1) is 5.10 Å². The minimum absolute atomic E-state index is 0.166. The molecule has 0 fully saturated rings. The van der Waals surface area contributed by atoms with E-state index in [0.29, 0.717) is 38.7 Å². The van der Waals surface area contributed by atoms with Crippen molar-refractivity contribution in [3.63, 3.8) is 0 Å². The molecule has 1 atom stereocenters. The van der Waals surface area contributed by atoms with Crippen molar-refractivity contribution in [2.24, 2.45) is 10.8 Å². The molecule has 0 spiro atoms. The van der Waals surface area contributed by atoms with Gasteiger partial charge < -0.3 is 24.3 Å². The largest absolute Gasteiger partial charge is 0.463 e. The summed E-state index contributed by atoms with van der Waals surface area (Å²) in [4.78, 5) is 24.0. The van der Waals surface area contributed by atoms with E-state index in [2.05, 4.69) is 43.3 Å². The molecule has 0 aromatic carbocycles. The maximum atomic E-state index is 12.2. The molecule has 0 aliphatic rings. The summed E-state index contributed by atoms with van der Waals surface area (Å²) in [5.74, 6) is -0.166. The van der Waals surface area contributed by atoms with Gasteiger partial charge in [0.05, 0.1) is 44.5 Å². The summed E-state index contributed by atoms with van der Waals surface area (Å²) in [6.45, 7) is 15.4. The molecular formula is C24H44N4O6. The van der Waals surface area contributed by atoms with Crippen molar-refractivity contribution in [2.75, 3.05) is 39.6 Å². The zero-order valence-electron chi connectivity index (χ0n) is 21.9. The number of carbonyl (C=O) groups excluding carboxylic acids is 2. The maximum absolute atomic E-state index is 12.2. The molecule has 1 aromatic heterocycles. The molecule has 1 unspecified atom stereocenters. The van der Waals surface area contributed by atoms with Crippen molar-refractivity contribution < 1.29 is 28.5 Å². The van der Waals surface area contributed by atoms with Gasteiger partial charge in [0.25, 0.3) is 0 Å². The number of hydrogen-bond donors (Lipinski definition) is 1. The predicted octanol–water partition coefficient (Wildman–Crippen LogP) is 3.73. The van der Waals surface area contributed by atoms with Gasteiger partial charge in [-0.05, 0) is 31.6 Å². The van der Waals surface area contributed by atoms with E-state index in [-0.39, 0.29) is 31.1 Å². The number of amides is 1. The lowest BCUT2D eigenvalue weighted by molar-refractivity contribution is -0.157. The Labute approximate surface area is 204 Å². The first-order chi connectivity index (χ1) is 16.1. The third-order valence-electron chi connectivity index (χ3n) is 5.46. The molecule has 0 saturated carbocycles. The van der Waals surface area contributed by atoms with E-state index in [4.69, 9.17) is 18.9 Å². The Bertz CT molecular complexity index is 719. The second-order valence-electron chi connectivity index (χ2n) is 9.80. The summed E-state index contributed by atoms with van der Waals surface area (Å²) in [5.41, 5.74) is 0.412. The van der Waals surface area contributed by atoms with Crippen LogP contribution in [0.15, 0.2) is 6.20 Å². The average Bonchev–Trinajstić information content (AvgIpc) is 3.24. The number of nitrogens with one attached hydrogen (secondary N) is 1. The quantitative estimate of drug-likeness (QED) is 0.263. The van der Waals surface area contributed by atoms with Crippen molar-refractivity contribution in [3.8, 4) is 0 Å². The highest BCUT2D eigenvalue weighted by Gasteiger charge is 2.31. The van der Waals surface area contributed by atoms with Crippen LogP contribution < -0.4 is 5.32 Å². The number of hydrogen-bond acceptors (Lipinski definition) is 8. The highest BCUT2D eigenvalue weighted by Crippen LogP contribution is 2.28. The number of esters is 1. The molecule has 10 nitrogen and oxygen atoms in total. The van der Waals surface area contributed by atoms with Gasteiger partial charge in [0.15, 0.2) is 0 Å². The summed E-state index contributed by atoms with van der Waals surface area (Å²) < 4.78 is 23.1. The number of carbonyl (C=O) groups is 2. The van der Waals surface area contributed by atoms with E-state index < -0.39 is 11.5 Å². The molecule has 1 N–H and O–H groups in total. The number of nitrogens with zero attached hydrogens (tertiary/aromatic N) is 3. The smallest absolute Gasteiger partial charge is 0.407 e. The molecule has 0 aliphatic heterocycles. The highest BCUT2D eigenvalue weighted by molar-refractivity contribution is 5.76. The van der Waals surface area contributed by atoms with Crippen LogP contribution in [0.4, 0.5) is 4.79 Å². The number of alkyl carbamates (subject to hydrolysis) is 1. The van der Waals surface area contributed by atoms with E-state index in [1.807, 2.05) is 13.8 Å². The standard InChI is InChI=1S/C24H44N4O6/c1-7-9-24(6,8-2)21(29)33-16-14-32-13-11-28-19-20(26-27-28)18-25-22(30)34-17-15-31-12-10-23(3,4)5/h19H,7-18H2,1-6H3,(H,25,30). The van der Waals surface area contributed by atoms with E-state index in [9.17, 15) is 9.59 Å². The molecule has 0 radical (unpaired) electrons. The van der Waals surface area contributed by atoms with Crippen molar-refractivity contribution in [3.05, 3.63) is 11.9 Å². The van der Waals surface area contributed by atoms with Crippen LogP contribution in [0, 0.1) is 10.8 Å². The van der Waals surface area contributed by atoms with Crippen LogP contribution >= 0.6 is 0 Å². The molecule has 0 bridgehead atoms. The molecule has 1 rings (SSSR count). The van der Waals surface area contributed by atoms with Crippen molar-refractivity contribution in [1.82, 2.24) is 20.3 Å². The SMILES string of the molecule is CCCC(C)(CC)C(=O)OCCOCCn1cc(CNC(=O)OCCOCCC(C)(C)C)nn1. The Morgan fingerprint density at radius 1 is 0.941 bits per heavy atom. The third kappa shape index (κ3) is 12.9. The van der Waals surface area contributed by atoms with Crippen LogP contribution in [0.2, 0.25) is 0 Å². The van der Waals surface area contributed by atoms with Crippen LogP contribution in [-0.2, 0) is 36.8 Å². The van der Waals surface area contributed by atoms with Gasteiger partial charge in [0.2, 0.25) is 0 Å². The lowest BCUT2D eigenvalue weighted by atomic mass is 9.83. The monoisotopic (exact) mass is 484 g/mol. The first kappa shape index (κ1) is 29.8. The van der Waals surface area contributed by atoms with E-state index in [0.717, 1.165) is 25.7 Å². The van der Waals surface area contributed by atoms with E-state index in [1.165, 1.54) is 0 Å². The summed E-state index contributed by atoms with van der Waals surface area (Å²) in [6, 6.07) is 0. The molecule has 10 heteroatoms. The van der Waals surface area contributed by atoms with Crippen molar-refractivity contribution in [2.45, 2.75) is 80.3 Å². The van der Waals surface area contributed by atoms with E-state index in [1.54, 1.807) is 10.9 Å². The number of ether oxygens (including phenoxy) is 4. The van der Waals surface area contributed by atoms with Crippen LogP contribution in [0.5, 0.6) is 0 Å². The predicted molar refractivity (Wildman–Crippen MR) is 128 cm³/mol. The summed E-state index contributed by atoms with van der Waals surface area (Å²) >= 11 is 0. The Morgan fingerprint density at radius 3 is 2.26 bits per heavy atom. The second-order valence-corrected chi connectivity index (χ2v) is 9.80. The van der Waals surface area contributed by atoms with Gasteiger partial charge in [-0.2, -0.15) is 0 Å². The molecule has 1 heterocycles. The summed E-state index contributed by atoms with van der Waals surface area (Å²) in [7, 11) is 0. The fourth-order valence-electron chi connectivity index (χ4n) is 3.02. The fraction of sp³-hybridized carbons (Fsp3) is 0.833. The molecule has 0 aliphatic carbocycles.